The molecule has 0 spiro atoms. The predicted molar refractivity (Wildman–Crippen MR) is 126 cm³/mol. The van der Waals surface area contributed by atoms with Crippen LogP contribution in [0.25, 0.3) is 0 Å². The molecule has 2 atom stereocenters. The van der Waals surface area contributed by atoms with Crippen molar-refractivity contribution >= 4 is 35.0 Å². The van der Waals surface area contributed by atoms with Crippen LogP contribution in [0.2, 0.25) is 10.0 Å². The SMILES string of the molecule is CCC(C)NC(=O)C(CC)N(Cc1cccc(C)c1)C(=O)COc1ccc(Cl)cc1Cl. The number of carbonyl (C=O) groups excluding carboxylic acids is 2. The van der Waals surface area contributed by atoms with Crippen LogP contribution >= 0.6 is 23.2 Å². The lowest BCUT2D eigenvalue weighted by atomic mass is 10.1. The summed E-state index contributed by atoms with van der Waals surface area (Å²) in [7, 11) is 0. The molecular formula is C24H30Cl2N2O3. The van der Waals surface area contributed by atoms with Crippen molar-refractivity contribution in [1.29, 1.82) is 0 Å². The molecule has 0 heterocycles. The smallest absolute Gasteiger partial charge is 0.261 e. The molecule has 0 aliphatic carbocycles. The second-order valence-corrected chi connectivity index (χ2v) is 8.46. The van der Waals surface area contributed by atoms with Crippen LogP contribution in [-0.4, -0.2) is 35.4 Å². The molecule has 0 saturated carbocycles. The van der Waals surface area contributed by atoms with Gasteiger partial charge < -0.3 is 15.0 Å². The molecule has 2 amide bonds. The highest BCUT2D eigenvalue weighted by molar-refractivity contribution is 6.35. The number of hydrogen-bond donors (Lipinski definition) is 1. The Balaban J connectivity index is 2.23. The number of ether oxygens (including phenoxy) is 1. The van der Waals surface area contributed by atoms with Gasteiger partial charge >= 0.3 is 0 Å². The van der Waals surface area contributed by atoms with Gasteiger partial charge in [-0.3, -0.25) is 9.59 Å². The first-order chi connectivity index (χ1) is 14.7. The Kier molecular flexibility index (Phi) is 9.66. The van der Waals surface area contributed by atoms with Crippen LogP contribution in [0.5, 0.6) is 5.75 Å². The summed E-state index contributed by atoms with van der Waals surface area (Å²) in [6.07, 6.45) is 1.30. The maximum atomic E-state index is 13.2. The number of halogens is 2. The zero-order valence-electron chi connectivity index (χ0n) is 18.5. The quantitative estimate of drug-likeness (QED) is 0.511. The van der Waals surface area contributed by atoms with E-state index >= 15 is 0 Å². The van der Waals surface area contributed by atoms with Crippen LogP contribution in [-0.2, 0) is 16.1 Å². The third-order valence-corrected chi connectivity index (χ3v) is 5.60. The lowest BCUT2D eigenvalue weighted by Crippen LogP contribution is -2.51. The minimum atomic E-state index is -0.605. The molecule has 0 radical (unpaired) electrons. The van der Waals surface area contributed by atoms with Gasteiger partial charge in [0.25, 0.3) is 5.91 Å². The van der Waals surface area contributed by atoms with E-state index in [-0.39, 0.29) is 24.5 Å². The molecular weight excluding hydrogens is 435 g/mol. The molecule has 7 heteroatoms. The van der Waals surface area contributed by atoms with Crippen molar-refractivity contribution in [2.75, 3.05) is 6.61 Å². The molecule has 2 rings (SSSR count). The summed E-state index contributed by atoms with van der Waals surface area (Å²) >= 11 is 12.1. The molecule has 2 unspecified atom stereocenters. The van der Waals surface area contributed by atoms with Crippen LogP contribution in [0.15, 0.2) is 42.5 Å². The molecule has 0 bridgehead atoms. The molecule has 31 heavy (non-hydrogen) atoms. The summed E-state index contributed by atoms with van der Waals surface area (Å²) in [5, 5.41) is 3.80. The average Bonchev–Trinajstić information content (AvgIpc) is 2.72. The molecule has 5 nitrogen and oxygen atoms in total. The first-order valence-corrected chi connectivity index (χ1v) is 11.2. The van der Waals surface area contributed by atoms with E-state index in [4.69, 9.17) is 27.9 Å². The average molecular weight is 465 g/mol. The third kappa shape index (κ3) is 7.44. The van der Waals surface area contributed by atoms with Gasteiger partial charge in [-0.15, -0.1) is 0 Å². The summed E-state index contributed by atoms with van der Waals surface area (Å²) in [4.78, 5) is 27.7. The van der Waals surface area contributed by atoms with Crippen LogP contribution in [0.3, 0.4) is 0 Å². The van der Waals surface area contributed by atoms with Gasteiger partial charge in [0.1, 0.15) is 11.8 Å². The Morgan fingerprint density at radius 2 is 1.84 bits per heavy atom. The lowest BCUT2D eigenvalue weighted by Gasteiger charge is -2.31. The zero-order chi connectivity index (χ0) is 23.0. The number of aryl methyl sites for hydroxylation is 1. The van der Waals surface area contributed by atoms with E-state index in [1.165, 1.54) is 0 Å². The van der Waals surface area contributed by atoms with Crippen LogP contribution in [0.1, 0.15) is 44.7 Å². The number of hydrogen-bond acceptors (Lipinski definition) is 3. The topological polar surface area (TPSA) is 58.6 Å². The fourth-order valence-electron chi connectivity index (χ4n) is 3.18. The van der Waals surface area contributed by atoms with Crippen LogP contribution < -0.4 is 10.1 Å². The summed E-state index contributed by atoms with van der Waals surface area (Å²) in [6, 6.07) is 12.1. The fraction of sp³-hybridized carbons (Fsp3) is 0.417. The fourth-order valence-corrected chi connectivity index (χ4v) is 3.65. The third-order valence-electron chi connectivity index (χ3n) is 5.07. The number of benzene rings is 2. The van der Waals surface area contributed by atoms with Gasteiger partial charge in [0.05, 0.1) is 5.02 Å². The van der Waals surface area contributed by atoms with Gasteiger partial charge in [-0.05, 0) is 50.5 Å². The van der Waals surface area contributed by atoms with Gasteiger partial charge in [-0.2, -0.15) is 0 Å². The van der Waals surface area contributed by atoms with Gasteiger partial charge in [0.15, 0.2) is 6.61 Å². The summed E-state index contributed by atoms with van der Waals surface area (Å²) in [5.41, 5.74) is 2.04. The van der Waals surface area contributed by atoms with E-state index in [2.05, 4.69) is 5.32 Å². The normalized spacial score (nSPS) is 12.7. The van der Waals surface area contributed by atoms with Gasteiger partial charge in [0, 0.05) is 17.6 Å². The Hall–Kier alpha value is -2.24. The van der Waals surface area contributed by atoms with E-state index in [1.54, 1.807) is 23.1 Å². The molecule has 2 aromatic carbocycles. The molecule has 1 N–H and O–H groups in total. The number of carbonyl (C=O) groups is 2. The number of amides is 2. The Bertz CT molecular complexity index is 904. The highest BCUT2D eigenvalue weighted by atomic mass is 35.5. The standard InChI is InChI=1S/C24H30Cl2N2O3/c1-5-17(4)27-24(30)21(6-2)28(14-18-9-7-8-16(3)12-18)23(29)15-31-22-11-10-19(25)13-20(22)26/h7-13,17,21H,5-6,14-15H2,1-4H3,(H,27,30). The lowest BCUT2D eigenvalue weighted by molar-refractivity contribution is -0.143. The maximum absolute atomic E-state index is 13.2. The largest absolute Gasteiger partial charge is 0.482 e. The van der Waals surface area contributed by atoms with Crippen LogP contribution in [0.4, 0.5) is 0 Å². The molecule has 2 aromatic rings. The summed E-state index contributed by atoms with van der Waals surface area (Å²) in [6.45, 7) is 7.92. The number of rotatable bonds is 10. The minimum absolute atomic E-state index is 0.0293. The van der Waals surface area contributed by atoms with Crippen molar-refractivity contribution < 1.29 is 14.3 Å². The highest BCUT2D eigenvalue weighted by Gasteiger charge is 2.29. The van der Waals surface area contributed by atoms with Gasteiger partial charge in [-0.25, -0.2) is 0 Å². The van der Waals surface area contributed by atoms with Crippen molar-refractivity contribution in [3.8, 4) is 5.75 Å². The molecule has 0 aliphatic rings. The van der Waals surface area contributed by atoms with Crippen molar-refractivity contribution in [3.05, 3.63) is 63.6 Å². The first kappa shape index (κ1) is 25.0. The van der Waals surface area contributed by atoms with Gasteiger partial charge in [0.2, 0.25) is 5.91 Å². The van der Waals surface area contributed by atoms with E-state index < -0.39 is 6.04 Å². The first-order valence-electron chi connectivity index (χ1n) is 10.5. The molecule has 0 saturated heterocycles. The van der Waals surface area contributed by atoms with E-state index in [9.17, 15) is 9.59 Å². The zero-order valence-corrected chi connectivity index (χ0v) is 20.0. The molecule has 0 aromatic heterocycles. The Morgan fingerprint density at radius 1 is 1.10 bits per heavy atom. The van der Waals surface area contributed by atoms with E-state index in [0.29, 0.717) is 28.8 Å². The summed E-state index contributed by atoms with van der Waals surface area (Å²) in [5.74, 6) is -0.0897. The van der Waals surface area contributed by atoms with E-state index in [1.807, 2.05) is 52.0 Å². The monoisotopic (exact) mass is 464 g/mol. The van der Waals surface area contributed by atoms with E-state index in [0.717, 1.165) is 17.5 Å². The minimum Gasteiger partial charge on any atom is -0.482 e. The Morgan fingerprint density at radius 3 is 2.45 bits per heavy atom. The second kappa shape index (κ2) is 12.0. The number of nitrogens with one attached hydrogen (secondary N) is 1. The summed E-state index contributed by atoms with van der Waals surface area (Å²) < 4.78 is 5.66. The molecule has 168 valence electrons. The van der Waals surface area contributed by atoms with Crippen molar-refractivity contribution in [2.24, 2.45) is 0 Å². The highest BCUT2D eigenvalue weighted by Crippen LogP contribution is 2.27. The second-order valence-electron chi connectivity index (χ2n) is 7.62. The Labute approximate surface area is 194 Å². The molecule has 0 aliphatic heterocycles. The van der Waals surface area contributed by atoms with Crippen molar-refractivity contribution in [1.82, 2.24) is 10.2 Å². The van der Waals surface area contributed by atoms with Gasteiger partial charge in [-0.1, -0.05) is 66.9 Å². The predicted octanol–water partition coefficient (Wildman–Crippen LogP) is 5.40. The van der Waals surface area contributed by atoms with Crippen LogP contribution in [0, 0.1) is 6.92 Å². The number of nitrogens with zero attached hydrogens (tertiary/aromatic N) is 1. The van der Waals surface area contributed by atoms with Crippen molar-refractivity contribution in [2.45, 2.75) is 59.2 Å². The van der Waals surface area contributed by atoms with Crippen molar-refractivity contribution in [3.63, 3.8) is 0 Å². The molecule has 0 fully saturated rings. The maximum Gasteiger partial charge on any atom is 0.261 e.